The molecule has 4 aliphatic heterocycles. The van der Waals surface area contributed by atoms with Crippen molar-refractivity contribution >= 4 is 6.34 Å². The van der Waals surface area contributed by atoms with E-state index in [-0.39, 0.29) is 0 Å². The Hall–Kier alpha value is -0.650. The van der Waals surface area contributed by atoms with E-state index in [0.717, 1.165) is 13.1 Å². The molecule has 0 bridgehead atoms. The predicted octanol–water partition coefficient (Wildman–Crippen LogP) is 8.64. The monoisotopic (exact) mass is 522 g/mol. The first-order chi connectivity index (χ1) is 17.9. The third kappa shape index (κ3) is 69.9. The maximum absolute atomic E-state index is 3.85. The van der Waals surface area contributed by atoms with Crippen LogP contribution in [0.2, 0.25) is 0 Å². The fraction of sp³-hybridized carbons (Fsp3) is 0.968. The van der Waals surface area contributed by atoms with Gasteiger partial charge in [0, 0.05) is 6.54 Å². The fourth-order valence-electron chi connectivity index (χ4n) is 2.62. The summed E-state index contributed by atoms with van der Waals surface area (Å²) >= 11 is 0. The molecule has 5 nitrogen and oxygen atoms in total. The van der Waals surface area contributed by atoms with Crippen molar-refractivity contribution in [2.45, 2.75) is 142 Å². The van der Waals surface area contributed by atoms with Gasteiger partial charge in [0.15, 0.2) is 0 Å². The molecule has 0 aromatic carbocycles. The number of aliphatic imine (C=N–C) groups is 1. The van der Waals surface area contributed by atoms with Crippen LogP contribution in [0.3, 0.4) is 0 Å². The van der Waals surface area contributed by atoms with E-state index in [1.807, 2.05) is 96.9 Å². The molecule has 0 radical (unpaired) electrons. The normalized spacial score (nSPS) is 15.4. The second-order valence-electron chi connectivity index (χ2n) is 6.27. The summed E-state index contributed by atoms with van der Waals surface area (Å²) in [4.78, 5) is 6.24. The summed E-state index contributed by atoms with van der Waals surface area (Å²) < 4.78 is 0. The molecule has 0 atom stereocenters. The summed E-state index contributed by atoms with van der Waals surface area (Å²) in [6.45, 7) is 37.6. The Morgan fingerprint density at radius 2 is 0.806 bits per heavy atom. The van der Waals surface area contributed by atoms with Crippen molar-refractivity contribution in [3.8, 4) is 0 Å². The lowest BCUT2D eigenvalue weighted by Gasteiger charge is -2.20. The molecule has 228 valence electrons. The Bertz CT molecular complexity index is 216. The number of nitrogens with one attached hydrogen (secondary N) is 3. The smallest absolute Gasteiger partial charge is 0.0825 e. The first kappa shape index (κ1) is 51.9. The van der Waals surface area contributed by atoms with Gasteiger partial charge in [0.25, 0.3) is 0 Å². The number of nitrogens with zero attached hydrogens (tertiary/aromatic N) is 2. The van der Waals surface area contributed by atoms with Gasteiger partial charge in [0.1, 0.15) is 0 Å². The van der Waals surface area contributed by atoms with Gasteiger partial charge in [0.2, 0.25) is 0 Å². The summed E-state index contributed by atoms with van der Waals surface area (Å²) in [6.07, 6.45) is 11.6. The van der Waals surface area contributed by atoms with Gasteiger partial charge >= 0.3 is 0 Å². The van der Waals surface area contributed by atoms with E-state index in [0.29, 0.717) is 0 Å². The van der Waals surface area contributed by atoms with Gasteiger partial charge in [-0.1, -0.05) is 103 Å². The van der Waals surface area contributed by atoms with E-state index in [1.54, 1.807) is 6.34 Å². The summed E-state index contributed by atoms with van der Waals surface area (Å²) in [5.74, 6) is 0. The van der Waals surface area contributed by atoms with Crippen LogP contribution in [0.4, 0.5) is 0 Å². The molecule has 4 aliphatic rings. The van der Waals surface area contributed by atoms with Crippen molar-refractivity contribution in [3.05, 3.63) is 0 Å². The van der Waals surface area contributed by atoms with Crippen LogP contribution < -0.4 is 16.0 Å². The number of likely N-dealkylation sites (tertiary alicyclic amines) is 1. The van der Waals surface area contributed by atoms with Crippen molar-refractivity contribution in [1.82, 2.24) is 20.9 Å². The number of rotatable bonds is 0. The maximum atomic E-state index is 3.85. The Morgan fingerprint density at radius 1 is 0.472 bits per heavy atom. The zero-order chi connectivity index (χ0) is 29.7. The van der Waals surface area contributed by atoms with Crippen molar-refractivity contribution in [3.63, 3.8) is 0 Å². The van der Waals surface area contributed by atoms with E-state index in [2.05, 4.69) is 32.9 Å². The number of piperidine rings is 1. The molecular weight excluding hydrogens is 442 g/mol. The first-order valence-corrected chi connectivity index (χ1v) is 16.2. The third-order valence-electron chi connectivity index (χ3n) is 4.06. The Labute approximate surface area is 233 Å². The lowest BCUT2D eigenvalue weighted by atomic mass is 10.1. The minimum absolute atomic E-state index is 0.958. The zero-order valence-electron chi connectivity index (χ0n) is 28.6. The van der Waals surface area contributed by atoms with Gasteiger partial charge in [-0.05, 0) is 84.8 Å². The minimum Gasteiger partial charge on any atom is -0.375 e. The topological polar surface area (TPSA) is 51.7 Å². The lowest BCUT2D eigenvalue weighted by Crippen LogP contribution is -2.24. The summed E-state index contributed by atoms with van der Waals surface area (Å²) in [6, 6.07) is 0. The predicted molar refractivity (Wildman–Crippen MR) is 176 cm³/mol. The summed E-state index contributed by atoms with van der Waals surface area (Å²) in [5, 5.41) is 9.38. The molecular formula is C31H79N5. The van der Waals surface area contributed by atoms with Gasteiger partial charge in [-0.3, -0.25) is 4.99 Å². The van der Waals surface area contributed by atoms with Crippen LogP contribution in [0.5, 0.6) is 0 Å². The highest BCUT2D eigenvalue weighted by atomic mass is 15.1. The van der Waals surface area contributed by atoms with Crippen LogP contribution in [0, 0.1) is 0 Å². The molecule has 5 heteroatoms. The second kappa shape index (κ2) is 76.5. The molecule has 0 amide bonds. The van der Waals surface area contributed by atoms with Gasteiger partial charge < -0.3 is 20.9 Å². The van der Waals surface area contributed by atoms with Gasteiger partial charge in [-0.2, -0.15) is 0 Å². The highest BCUT2D eigenvalue weighted by molar-refractivity contribution is 5.56. The second-order valence-corrected chi connectivity index (χ2v) is 6.27. The lowest BCUT2D eigenvalue weighted by molar-refractivity contribution is 0.277. The van der Waals surface area contributed by atoms with Crippen molar-refractivity contribution in [2.75, 3.05) is 59.4 Å². The number of hydrogen-bond acceptors (Lipinski definition) is 5. The van der Waals surface area contributed by atoms with Crippen molar-refractivity contribution in [1.29, 1.82) is 0 Å². The third-order valence-corrected chi connectivity index (χ3v) is 4.06. The van der Waals surface area contributed by atoms with Crippen molar-refractivity contribution in [2.24, 2.45) is 4.99 Å². The van der Waals surface area contributed by atoms with Gasteiger partial charge in [-0.25, -0.2) is 0 Å². The van der Waals surface area contributed by atoms with Gasteiger partial charge in [0.05, 0.1) is 12.9 Å². The molecule has 0 spiro atoms. The molecule has 3 saturated heterocycles. The van der Waals surface area contributed by atoms with Crippen LogP contribution in [-0.4, -0.2) is 70.6 Å². The van der Waals surface area contributed by atoms with Crippen LogP contribution in [0.15, 0.2) is 4.99 Å². The molecule has 0 aromatic heterocycles. The van der Waals surface area contributed by atoms with E-state index in [9.17, 15) is 0 Å². The Morgan fingerprint density at radius 3 is 0.917 bits per heavy atom. The minimum atomic E-state index is 0.958. The SMILES string of the molecule is C1=NCCN1.C1CCNC1.C1CCNC1.CC.CC.CC.CC.CC.CC.CC.CN1CCCCC1. The zero-order valence-corrected chi connectivity index (χ0v) is 28.6. The average molecular weight is 522 g/mol. The average Bonchev–Trinajstić information content (AvgIpc) is 3.84. The maximum Gasteiger partial charge on any atom is 0.0825 e. The molecule has 4 rings (SSSR count). The largest absolute Gasteiger partial charge is 0.375 e. The molecule has 0 unspecified atom stereocenters. The van der Waals surface area contributed by atoms with E-state index in [1.165, 1.54) is 84.2 Å². The Balaban J connectivity index is -0.0000000540. The van der Waals surface area contributed by atoms with Gasteiger partial charge in [-0.15, -0.1) is 0 Å². The molecule has 36 heavy (non-hydrogen) atoms. The van der Waals surface area contributed by atoms with Crippen LogP contribution >= 0.6 is 0 Å². The molecule has 0 aromatic rings. The molecule has 4 heterocycles. The van der Waals surface area contributed by atoms with Crippen LogP contribution in [-0.2, 0) is 0 Å². The van der Waals surface area contributed by atoms with Crippen molar-refractivity contribution < 1.29 is 0 Å². The highest BCUT2D eigenvalue weighted by Crippen LogP contribution is 2.04. The highest BCUT2D eigenvalue weighted by Gasteiger charge is 2.02. The Kier molecular flexibility index (Phi) is 110. The van der Waals surface area contributed by atoms with E-state index >= 15 is 0 Å². The molecule has 0 saturated carbocycles. The van der Waals surface area contributed by atoms with E-state index < -0.39 is 0 Å². The van der Waals surface area contributed by atoms with Crippen LogP contribution in [0.25, 0.3) is 0 Å². The first-order valence-electron chi connectivity index (χ1n) is 16.2. The standard InChI is InChI=1S/C6H13N.2C4H9N.C3H6N2.7C2H6/c1-7-5-3-2-4-6-7;2*1-2-4-5-3-1;1-2-5-3-4-1;7*1-2/h2-6H2,1H3;2*5H,1-4H2;3H,1-2H2,(H,4,5);7*1-2H3. The van der Waals surface area contributed by atoms with E-state index in [4.69, 9.17) is 0 Å². The molecule has 0 aliphatic carbocycles. The quantitative estimate of drug-likeness (QED) is 0.298. The summed E-state index contributed by atoms with van der Waals surface area (Å²) in [5.41, 5.74) is 0. The number of hydrogen-bond donors (Lipinski definition) is 3. The van der Waals surface area contributed by atoms with Crippen LogP contribution in [0.1, 0.15) is 142 Å². The fourth-order valence-corrected chi connectivity index (χ4v) is 2.62. The summed E-state index contributed by atoms with van der Waals surface area (Å²) in [7, 11) is 2.19. The molecule has 3 N–H and O–H groups in total. The molecule has 3 fully saturated rings.